The Bertz CT molecular complexity index is 1350. The van der Waals surface area contributed by atoms with Crippen LogP contribution in [0.25, 0.3) is 22.0 Å². The van der Waals surface area contributed by atoms with Gasteiger partial charge in [0.05, 0.1) is 23.4 Å². The van der Waals surface area contributed by atoms with Crippen LogP contribution >= 0.6 is 0 Å². The highest BCUT2D eigenvalue weighted by atomic mass is 16.3. The molecule has 2 aromatic heterocycles. The zero-order valence-corrected chi connectivity index (χ0v) is 20.8. The van der Waals surface area contributed by atoms with Gasteiger partial charge in [-0.1, -0.05) is 49.7 Å². The second-order valence-corrected chi connectivity index (χ2v) is 9.78. The number of unbranched alkanes of at least 4 members (excludes halogenated alkanes) is 1. The number of aliphatic hydroxyl groups excluding tert-OH is 1. The molecule has 0 aliphatic heterocycles. The maximum atomic E-state index is 13.2. The van der Waals surface area contributed by atoms with Gasteiger partial charge in [0.1, 0.15) is 0 Å². The molecule has 0 atom stereocenters. The first-order chi connectivity index (χ1) is 17.7. The Kier molecular flexibility index (Phi) is 7.38. The van der Waals surface area contributed by atoms with E-state index in [9.17, 15) is 9.90 Å². The number of pyridine rings is 2. The van der Waals surface area contributed by atoms with E-state index < -0.39 is 0 Å². The number of carbonyl (C=O) groups is 1. The molecule has 5 nitrogen and oxygen atoms in total. The fourth-order valence-electron chi connectivity index (χ4n) is 4.65. The second-order valence-electron chi connectivity index (χ2n) is 9.78. The van der Waals surface area contributed by atoms with Crippen molar-refractivity contribution in [2.45, 2.75) is 58.6 Å². The summed E-state index contributed by atoms with van der Waals surface area (Å²) in [5.74, 6) is 0.636. The summed E-state index contributed by atoms with van der Waals surface area (Å²) in [5, 5.41) is 14.6. The van der Waals surface area contributed by atoms with E-state index in [1.54, 1.807) is 6.20 Å². The average molecular weight is 480 g/mol. The standard InChI is InChI=1S/C31H33N3O2/c1-2-3-9-25-13-12-23(18-32-25)26-16-27-29(15-24(26)20-35)33-19-28(30(36)14-21-10-11-21)31(27)34-17-22-7-5-4-6-8-22/h4-8,12-13,15-16,18-19,21,35H,2-3,9-11,14,17,20H2,1H3,(H,33,34). The van der Waals surface area contributed by atoms with Crippen LogP contribution in [0.5, 0.6) is 0 Å². The summed E-state index contributed by atoms with van der Waals surface area (Å²) in [6, 6.07) is 18.3. The molecule has 0 radical (unpaired) electrons. The van der Waals surface area contributed by atoms with Crippen LogP contribution in [0.4, 0.5) is 5.69 Å². The lowest BCUT2D eigenvalue weighted by Gasteiger charge is -2.17. The van der Waals surface area contributed by atoms with E-state index in [0.29, 0.717) is 24.4 Å². The molecule has 4 aromatic rings. The highest BCUT2D eigenvalue weighted by Gasteiger charge is 2.27. The summed E-state index contributed by atoms with van der Waals surface area (Å²) >= 11 is 0. The largest absolute Gasteiger partial charge is 0.392 e. The summed E-state index contributed by atoms with van der Waals surface area (Å²) in [4.78, 5) is 22.6. The molecular formula is C31H33N3O2. The van der Waals surface area contributed by atoms with Crippen LogP contribution in [0.1, 0.15) is 66.2 Å². The zero-order valence-electron chi connectivity index (χ0n) is 20.8. The lowest BCUT2D eigenvalue weighted by atomic mass is 9.95. The molecule has 1 saturated carbocycles. The lowest BCUT2D eigenvalue weighted by Crippen LogP contribution is -2.09. The molecule has 0 saturated heterocycles. The number of rotatable bonds is 11. The van der Waals surface area contributed by atoms with Crippen molar-refractivity contribution >= 4 is 22.4 Å². The number of Topliss-reactive ketones (excluding diaryl/α,β-unsaturated/α-hetero) is 1. The Balaban J connectivity index is 1.58. The van der Waals surface area contributed by atoms with Gasteiger partial charge in [0, 0.05) is 42.0 Å². The van der Waals surface area contributed by atoms with Gasteiger partial charge in [0.15, 0.2) is 5.78 Å². The van der Waals surface area contributed by atoms with E-state index in [2.05, 4.69) is 52.5 Å². The van der Waals surface area contributed by atoms with Crippen molar-refractivity contribution in [3.8, 4) is 11.1 Å². The average Bonchev–Trinajstić information content (AvgIpc) is 3.74. The molecule has 2 heterocycles. The molecule has 5 rings (SSSR count). The molecule has 1 aliphatic rings. The van der Waals surface area contributed by atoms with Crippen molar-refractivity contribution in [2.75, 3.05) is 5.32 Å². The van der Waals surface area contributed by atoms with Crippen molar-refractivity contribution in [1.82, 2.24) is 9.97 Å². The van der Waals surface area contributed by atoms with Crippen LogP contribution in [0.15, 0.2) is 67.0 Å². The lowest BCUT2D eigenvalue weighted by molar-refractivity contribution is 0.0976. The van der Waals surface area contributed by atoms with Crippen molar-refractivity contribution in [3.63, 3.8) is 0 Å². The molecule has 0 spiro atoms. The van der Waals surface area contributed by atoms with Crippen LogP contribution in [-0.2, 0) is 19.6 Å². The summed E-state index contributed by atoms with van der Waals surface area (Å²) < 4.78 is 0. The number of hydrogen-bond donors (Lipinski definition) is 2. The first kappa shape index (κ1) is 24.1. The van der Waals surface area contributed by atoms with Gasteiger partial charge >= 0.3 is 0 Å². The number of nitrogens with zero attached hydrogens (tertiary/aromatic N) is 2. The Morgan fingerprint density at radius 2 is 1.89 bits per heavy atom. The van der Waals surface area contributed by atoms with Crippen LogP contribution in [0, 0.1) is 5.92 Å². The Morgan fingerprint density at radius 3 is 2.58 bits per heavy atom. The number of nitrogens with one attached hydrogen (secondary N) is 1. The van der Waals surface area contributed by atoms with Gasteiger partial charge in [0.25, 0.3) is 0 Å². The van der Waals surface area contributed by atoms with E-state index >= 15 is 0 Å². The molecule has 1 fully saturated rings. The molecule has 0 amide bonds. The third kappa shape index (κ3) is 5.47. The fraction of sp³-hybridized carbons (Fsp3) is 0.323. The number of fused-ring (bicyclic) bond motifs is 1. The smallest absolute Gasteiger partial charge is 0.166 e. The molecule has 5 heteroatoms. The molecule has 1 aliphatic carbocycles. The first-order valence-electron chi connectivity index (χ1n) is 13.0. The van der Waals surface area contributed by atoms with Crippen LogP contribution < -0.4 is 5.32 Å². The first-order valence-corrected chi connectivity index (χ1v) is 13.0. The number of aryl methyl sites for hydroxylation is 1. The number of anilines is 1. The van der Waals surface area contributed by atoms with Gasteiger partial charge < -0.3 is 10.4 Å². The van der Waals surface area contributed by atoms with Gasteiger partial charge in [0.2, 0.25) is 0 Å². The van der Waals surface area contributed by atoms with Crippen molar-refractivity contribution in [3.05, 3.63) is 89.4 Å². The van der Waals surface area contributed by atoms with Crippen molar-refractivity contribution < 1.29 is 9.90 Å². The highest BCUT2D eigenvalue weighted by molar-refractivity contribution is 6.09. The highest BCUT2D eigenvalue weighted by Crippen LogP contribution is 2.37. The molecule has 2 N–H and O–H groups in total. The normalized spacial score (nSPS) is 13.2. The second kappa shape index (κ2) is 11.0. The molecule has 184 valence electrons. The quantitative estimate of drug-likeness (QED) is 0.233. The number of benzene rings is 2. The van der Waals surface area contributed by atoms with Crippen LogP contribution in [0.3, 0.4) is 0 Å². The van der Waals surface area contributed by atoms with Crippen LogP contribution in [-0.4, -0.2) is 20.9 Å². The zero-order chi connectivity index (χ0) is 24.9. The minimum absolute atomic E-state index is 0.0975. The Morgan fingerprint density at radius 1 is 1.06 bits per heavy atom. The summed E-state index contributed by atoms with van der Waals surface area (Å²) in [5.41, 5.74) is 7.08. The number of ketones is 1. The number of aromatic nitrogens is 2. The Hall–Kier alpha value is -3.57. The summed E-state index contributed by atoms with van der Waals surface area (Å²) in [7, 11) is 0. The maximum absolute atomic E-state index is 13.2. The van der Waals surface area contributed by atoms with Crippen molar-refractivity contribution in [2.24, 2.45) is 5.92 Å². The number of carbonyl (C=O) groups excluding carboxylic acids is 1. The monoisotopic (exact) mass is 479 g/mol. The minimum atomic E-state index is -0.0975. The Labute approximate surface area is 212 Å². The molecule has 0 bridgehead atoms. The van der Waals surface area contributed by atoms with E-state index in [-0.39, 0.29) is 12.4 Å². The number of hydrogen-bond acceptors (Lipinski definition) is 5. The van der Waals surface area contributed by atoms with Gasteiger partial charge in [-0.3, -0.25) is 14.8 Å². The van der Waals surface area contributed by atoms with E-state index in [1.165, 1.54) is 0 Å². The van der Waals surface area contributed by atoms with Gasteiger partial charge in [-0.25, -0.2) is 0 Å². The summed E-state index contributed by atoms with van der Waals surface area (Å²) in [6.07, 6.45) is 9.63. The van der Waals surface area contributed by atoms with E-state index in [1.807, 2.05) is 30.5 Å². The fourth-order valence-corrected chi connectivity index (χ4v) is 4.65. The molecular weight excluding hydrogens is 446 g/mol. The van der Waals surface area contributed by atoms with E-state index in [4.69, 9.17) is 0 Å². The molecule has 36 heavy (non-hydrogen) atoms. The molecule has 2 aromatic carbocycles. The predicted octanol–water partition coefficient (Wildman–Crippen LogP) is 6.73. The topological polar surface area (TPSA) is 75.1 Å². The minimum Gasteiger partial charge on any atom is -0.392 e. The van der Waals surface area contributed by atoms with Gasteiger partial charge in [-0.15, -0.1) is 0 Å². The third-order valence-electron chi connectivity index (χ3n) is 6.97. The SMILES string of the molecule is CCCCc1ccc(-c2cc3c(NCc4ccccc4)c(C(=O)CC4CC4)cnc3cc2CO)cn1. The molecule has 0 unspecified atom stereocenters. The van der Waals surface area contributed by atoms with Gasteiger partial charge in [-0.2, -0.15) is 0 Å². The number of aliphatic hydroxyl groups is 1. The maximum Gasteiger partial charge on any atom is 0.166 e. The van der Waals surface area contributed by atoms with Crippen molar-refractivity contribution in [1.29, 1.82) is 0 Å². The van der Waals surface area contributed by atoms with Gasteiger partial charge in [-0.05, 0) is 66.5 Å². The summed E-state index contributed by atoms with van der Waals surface area (Å²) in [6.45, 7) is 2.69. The third-order valence-corrected chi connectivity index (χ3v) is 6.97. The van der Waals surface area contributed by atoms with Crippen LogP contribution in [0.2, 0.25) is 0 Å². The predicted molar refractivity (Wildman–Crippen MR) is 145 cm³/mol. The van der Waals surface area contributed by atoms with E-state index in [0.717, 1.165) is 76.6 Å².